The minimum Gasteiger partial charge on any atom is -0.392 e. The predicted molar refractivity (Wildman–Crippen MR) is 127 cm³/mol. The highest BCUT2D eigenvalue weighted by Gasteiger charge is 2.53. The number of aliphatic hydroxyl groups excluding tert-OH is 1. The number of aliphatic hydroxyl groups is 1. The first kappa shape index (κ1) is 23.8. The monoisotopic (exact) mass is 470 g/mol. The number of aromatic nitrogens is 2. The third-order valence-corrected chi connectivity index (χ3v) is 8.98. The van der Waals surface area contributed by atoms with E-state index in [1.165, 1.54) is 18.7 Å². The molecule has 2 heterocycles. The van der Waals surface area contributed by atoms with E-state index in [1.807, 2.05) is 24.4 Å². The van der Waals surface area contributed by atoms with Gasteiger partial charge in [-0.05, 0) is 60.3 Å². The van der Waals surface area contributed by atoms with E-state index in [2.05, 4.69) is 34.4 Å². The lowest BCUT2D eigenvalue weighted by Gasteiger charge is -2.56. The van der Waals surface area contributed by atoms with E-state index in [4.69, 9.17) is 0 Å². The normalized spacial score (nSPS) is 32.4. The van der Waals surface area contributed by atoms with Gasteiger partial charge in [0.25, 0.3) is 5.91 Å². The van der Waals surface area contributed by atoms with E-state index in [-0.39, 0.29) is 46.9 Å². The molecule has 33 heavy (non-hydrogen) atoms. The van der Waals surface area contributed by atoms with Crippen LogP contribution in [0.3, 0.4) is 0 Å². The Balaban J connectivity index is 1.43. The molecule has 4 rings (SSSR count). The van der Waals surface area contributed by atoms with E-state index in [0.29, 0.717) is 12.1 Å². The summed E-state index contributed by atoms with van der Waals surface area (Å²) in [5.41, 5.74) is 0.454. The Morgan fingerprint density at radius 2 is 2.00 bits per heavy atom. The Labute approximate surface area is 199 Å². The molecule has 2 aliphatic carbocycles. The molecule has 2 amide bonds. The largest absolute Gasteiger partial charge is 0.392 e. The second kappa shape index (κ2) is 9.89. The summed E-state index contributed by atoms with van der Waals surface area (Å²) in [6, 6.07) is 3.95. The Bertz CT molecular complexity index is 954. The summed E-state index contributed by atoms with van der Waals surface area (Å²) in [7, 11) is 0. The van der Waals surface area contributed by atoms with Crippen LogP contribution < -0.4 is 10.6 Å². The molecule has 2 aromatic heterocycles. The molecule has 178 valence electrons. The Morgan fingerprint density at radius 1 is 1.27 bits per heavy atom. The molecule has 0 aliphatic heterocycles. The number of carbonyl (C=O) groups excluding carboxylic acids is 2. The van der Waals surface area contributed by atoms with Crippen molar-refractivity contribution in [2.45, 2.75) is 65.1 Å². The summed E-state index contributed by atoms with van der Waals surface area (Å²) in [5, 5.41) is 19.7. The van der Waals surface area contributed by atoms with Gasteiger partial charge < -0.3 is 15.7 Å². The molecule has 7 atom stereocenters. The summed E-state index contributed by atoms with van der Waals surface area (Å²) >= 11 is 1.62. The maximum absolute atomic E-state index is 12.9. The van der Waals surface area contributed by atoms with Crippen LogP contribution in [-0.2, 0) is 11.3 Å². The van der Waals surface area contributed by atoms with Gasteiger partial charge in [0.05, 0.1) is 18.2 Å². The third kappa shape index (κ3) is 4.96. The lowest BCUT2D eigenvalue weighted by Crippen LogP contribution is -2.58. The van der Waals surface area contributed by atoms with Crippen molar-refractivity contribution in [3.05, 3.63) is 46.7 Å². The number of thiophene rings is 1. The van der Waals surface area contributed by atoms with Crippen LogP contribution in [0.4, 0.5) is 0 Å². The summed E-state index contributed by atoms with van der Waals surface area (Å²) in [5.74, 6) is -0.432. The minimum absolute atomic E-state index is 0.00607. The van der Waals surface area contributed by atoms with Crippen molar-refractivity contribution in [2.75, 3.05) is 0 Å². The van der Waals surface area contributed by atoms with Crippen molar-refractivity contribution < 1.29 is 14.7 Å². The van der Waals surface area contributed by atoms with Crippen molar-refractivity contribution >= 4 is 23.2 Å². The molecule has 7 unspecified atom stereocenters. The van der Waals surface area contributed by atoms with E-state index in [9.17, 15) is 14.7 Å². The zero-order valence-corrected chi connectivity index (χ0v) is 20.3. The highest BCUT2D eigenvalue weighted by molar-refractivity contribution is 7.09. The molecule has 2 aliphatic rings. The standard InChI is InChI=1S/C25H34N4O3S/c1-15(23(31)28-13-18-5-4-10-33-18)19-6-8-25(3)9-7-20(16(2)21(25)22(19)30)29-24(32)17-11-26-14-27-12-17/h4-5,10-12,14-16,19-22,30H,6-9,13H2,1-3H3,(H,28,31)(H,29,32). The Kier molecular flexibility index (Phi) is 7.14. The first-order valence-electron chi connectivity index (χ1n) is 11.8. The molecule has 0 saturated heterocycles. The van der Waals surface area contributed by atoms with Crippen LogP contribution in [0.5, 0.6) is 0 Å². The average molecular weight is 471 g/mol. The van der Waals surface area contributed by atoms with Crippen molar-refractivity contribution in [3.63, 3.8) is 0 Å². The van der Waals surface area contributed by atoms with Gasteiger partial charge in [-0.3, -0.25) is 9.59 Å². The molecule has 2 saturated carbocycles. The number of hydrogen-bond acceptors (Lipinski definition) is 6. The van der Waals surface area contributed by atoms with Gasteiger partial charge in [-0.25, -0.2) is 9.97 Å². The van der Waals surface area contributed by atoms with E-state index in [1.54, 1.807) is 11.3 Å². The zero-order valence-electron chi connectivity index (χ0n) is 19.5. The first-order valence-corrected chi connectivity index (χ1v) is 12.7. The number of hydrogen-bond donors (Lipinski definition) is 3. The number of fused-ring (bicyclic) bond motifs is 1. The number of rotatable bonds is 6. The topological polar surface area (TPSA) is 104 Å². The quantitative estimate of drug-likeness (QED) is 0.600. The van der Waals surface area contributed by atoms with Gasteiger partial charge in [0.15, 0.2) is 0 Å². The van der Waals surface area contributed by atoms with Gasteiger partial charge in [0.2, 0.25) is 5.91 Å². The molecule has 3 N–H and O–H groups in total. The first-order chi connectivity index (χ1) is 15.8. The van der Waals surface area contributed by atoms with Crippen LogP contribution in [0.1, 0.15) is 61.7 Å². The van der Waals surface area contributed by atoms with Crippen LogP contribution in [0.25, 0.3) is 0 Å². The highest BCUT2D eigenvalue weighted by atomic mass is 32.1. The molecular formula is C25H34N4O3S. The molecule has 7 nitrogen and oxygen atoms in total. The zero-order chi connectivity index (χ0) is 23.6. The van der Waals surface area contributed by atoms with E-state index in [0.717, 1.165) is 30.6 Å². The number of nitrogens with zero attached hydrogens (tertiary/aromatic N) is 2. The van der Waals surface area contributed by atoms with Gasteiger partial charge in [0, 0.05) is 29.2 Å². The second-order valence-corrected chi connectivity index (χ2v) is 11.1. The molecule has 2 aromatic rings. The summed E-state index contributed by atoms with van der Waals surface area (Å²) in [6.07, 6.45) is 7.50. The fourth-order valence-electron chi connectivity index (χ4n) is 6.11. The van der Waals surface area contributed by atoms with Crippen molar-refractivity contribution in [3.8, 4) is 0 Å². The Morgan fingerprint density at radius 3 is 2.70 bits per heavy atom. The van der Waals surface area contributed by atoms with Crippen LogP contribution >= 0.6 is 11.3 Å². The van der Waals surface area contributed by atoms with Gasteiger partial charge in [-0.1, -0.05) is 26.8 Å². The number of nitrogens with one attached hydrogen (secondary N) is 2. The van der Waals surface area contributed by atoms with Gasteiger partial charge >= 0.3 is 0 Å². The maximum atomic E-state index is 12.9. The van der Waals surface area contributed by atoms with E-state index >= 15 is 0 Å². The summed E-state index contributed by atoms with van der Waals surface area (Å²) in [6.45, 7) is 6.85. The molecule has 2 fully saturated rings. The van der Waals surface area contributed by atoms with Gasteiger partial charge in [0.1, 0.15) is 6.33 Å². The molecule has 8 heteroatoms. The van der Waals surface area contributed by atoms with Crippen LogP contribution in [-0.4, -0.2) is 39.0 Å². The maximum Gasteiger partial charge on any atom is 0.254 e. The fraction of sp³-hybridized carbons (Fsp3) is 0.600. The Hall–Kier alpha value is -2.32. The van der Waals surface area contributed by atoms with Crippen molar-refractivity contribution in [1.29, 1.82) is 0 Å². The summed E-state index contributed by atoms with van der Waals surface area (Å²) in [4.78, 5) is 34.6. The highest BCUT2D eigenvalue weighted by Crippen LogP contribution is 2.55. The average Bonchev–Trinajstić information content (AvgIpc) is 3.33. The lowest BCUT2D eigenvalue weighted by atomic mass is 9.51. The van der Waals surface area contributed by atoms with Crippen molar-refractivity contribution in [1.82, 2.24) is 20.6 Å². The van der Waals surface area contributed by atoms with Crippen LogP contribution in [0.15, 0.2) is 36.2 Å². The third-order valence-electron chi connectivity index (χ3n) is 8.10. The lowest BCUT2D eigenvalue weighted by molar-refractivity contribution is -0.142. The fourth-order valence-corrected chi connectivity index (χ4v) is 6.75. The summed E-state index contributed by atoms with van der Waals surface area (Å²) < 4.78 is 0. The molecule has 0 aromatic carbocycles. The number of amides is 2. The van der Waals surface area contributed by atoms with Crippen LogP contribution in [0, 0.1) is 29.1 Å². The molecule has 0 bridgehead atoms. The van der Waals surface area contributed by atoms with Gasteiger partial charge in [-0.15, -0.1) is 11.3 Å². The van der Waals surface area contributed by atoms with Gasteiger partial charge in [-0.2, -0.15) is 0 Å². The SMILES string of the molecule is CC(C(=O)NCc1cccs1)C1CCC2(C)CCC(NC(=O)c3cncnc3)C(C)C2C1O. The van der Waals surface area contributed by atoms with E-state index < -0.39 is 6.10 Å². The minimum atomic E-state index is -0.582. The second-order valence-electron chi connectivity index (χ2n) is 10.1. The molecule has 0 radical (unpaired) electrons. The number of carbonyl (C=O) groups is 2. The van der Waals surface area contributed by atoms with Crippen LogP contribution in [0.2, 0.25) is 0 Å². The molecule has 0 spiro atoms. The predicted octanol–water partition coefficient (Wildman–Crippen LogP) is 3.41. The van der Waals surface area contributed by atoms with Crippen molar-refractivity contribution in [2.24, 2.45) is 29.1 Å². The molecular weight excluding hydrogens is 436 g/mol. The smallest absolute Gasteiger partial charge is 0.254 e.